The van der Waals surface area contributed by atoms with Crippen molar-refractivity contribution in [2.75, 3.05) is 6.54 Å². The molecule has 0 atom stereocenters. The molecule has 3 heteroatoms. The van der Waals surface area contributed by atoms with E-state index in [-0.39, 0.29) is 0 Å². The van der Waals surface area contributed by atoms with Gasteiger partial charge in [-0.25, -0.2) is 0 Å². The van der Waals surface area contributed by atoms with Crippen LogP contribution in [0.4, 0.5) is 0 Å². The van der Waals surface area contributed by atoms with Crippen molar-refractivity contribution in [1.82, 2.24) is 10.3 Å². The molecule has 3 nitrogen and oxygen atoms in total. The van der Waals surface area contributed by atoms with E-state index in [0.717, 1.165) is 29.9 Å². The SMILES string of the molecule is Oc1ccc2[nH]cc(CCNC3CCCC3)c2c1. The van der Waals surface area contributed by atoms with Crippen molar-refractivity contribution in [2.24, 2.45) is 0 Å². The Hall–Kier alpha value is -1.48. The lowest BCUT2D eigenvalue weighted by Crippen LogP contribution is -2.27. The maximum Gasteiger partial charge on any atom is 0.116 e. The van der Waals surface area contributed by atoms with E-state index >= 15 is 0 Å². The van der Waals surface area contributed by atoms with Crippen molar-refractivity contribution in [3.05, 3.63) is 30.0 Å². The molecule has 1 saturated carbocycles. The number of rotatable bonds is 4. The van der Waals surface area contributed by atoms with Crippen LogP contribution in [0.25, 0.3) is 10.9 Å². The predicted octanol–water partition coefficient (Wildman–Crippen LogP) is 2.95. The maximum atomic E-state index is 9.54. The molecule has 1 aromatic carbocycles. The van der Waals surface area contributed by atoms with Crippen molar-refractivity contribution < 1.29 is 5.11 Å². The molecular weight excluding hydrogens is 224 g/mol. The van der Waals surface area contributed by atoms with Gasteiger partial charge in [0, 0.05) is 23.1 Å². The van der Waals surface area contributed by atoms with Gasteiger partial charge in [-0.3, -0.25) is 0 Å². The Morgan fingerprint density at radius 1 is 1.28 bits per heavy atom. The molecule has 0 amide bonds. The van der Waals surface area contributed by atoms with Gasteiger partial charge in [0.2, 0.25) is 0 Å². The number of hydrogen-bond donors (Lipinski definition) is 3. The van der Waals surface area contributed by atoms with Gasteiger partial charge >= 0.3 is 0 Å². The second-order valence-electron chi connectivity index (χ2n) is 5.23. The minimum atomic E-state index is 0.340. The number of benzene rings is 1. The summed E-state index contributed by atoms with van der Waals surface area (Å²) in [5.74, 6) is 0.340. The van der Waals surface area contributed by atoms with Gasteiger partial charge in [-0.1, -0.05) is 12.8 Å². The first-order chi connectivity index (χ1) is 8.83. The van der Waals surface area contributed by atoms with Crippen LogP contribution in [0.5, 0.6) is 5.75 Å². The van der Waals surface area contributed by atoms with Crippen molar-refractivity contribution in [3.63, 3.8) is 0 Å². The predicted molar refractivity (Wildman–Crippen MR) is 73.9 cm³/mol. The first-order valence-corrected chi connectivity index (χ1v) is 6.85. The number of nitrogens with one attached hydrogen (secondary N) is 2. The van der Waals surface area contributed by atoms with E-state index in [0.29, 0.717) is 5.75 Å². The Bertz CT molecular complexity index is 526. The summed E-state index contributed by atoms with van der Waals surface area (Å²) in [6.45, 7) is 1.02. The highest BCUT2D eigenvalue weighted by Crippen LogP contribution is 2.23. The van der Waals surface area contributed by atoms with Gasteiger partial charge in [-0.15, -0.1) is 0 Å². The second kappa shape index (κ2) is 5.02. The number of phenolic OH excluding ortho intramolecular Hbond substituents is 1. The number of H-pyrrole nitrogens is 1. The standard InChI is InChI=1S/C15H20N2O/c18-13-5-6-15-14(9-13)11(10-17-15)7-8-16-12-3-1-2-4-12/h5-6,9-10,12,16-18H,1-4,7-8H2. The van der Waals surface area contributed by atoms with Crippen LogP contribution in [-0.4, -0.2) is 22.7 Å². The largest absolute Gasteiger partial charge is 0.508 e. The fourth-order valence-corrected chi connectivity index (χ4v) is 2.91. The average molecular weight is 244 g/mol. The second-order valence-corrected chi connectivity index (χ2v) is 5.23. The average Bonchev–Trinajstić information content (AvgIpc) is 2.99. The summed E-state index contributed by atoms with van der Waals surface area (Å²) in [6.07, 6.45) is 8.47. The van der Waals surface area contributed by atoms with Crippen molar-refractivity contribution in [3.8, 4) is 5.75 Å². The molecule has 0 aliphatic heterocycles. The molecule has 1 fully saturated rings. The van der Waals surface area contributed by atoms with Crippen LogP contribution in [0.3, 0.4) is 0 Å². The molecule has 3 N–H and O–H groups in total. The number of hydrogen-bond acceptors (Lipinski definition) is 2. The van der Waals surface area contributed by atoms with Crippen molar-refractivity contribution in [2.45, 2.75) is 38.1 Å². The van der Waals surface area contributed by atoms with Crippen LogP contribution in [0, 0.1) is 0 Å². The molecule has 2 aromatic rings. The molecule has 3 rings (SSSR count). The third-order valence-electron chi connectivity index (χ3n) is 3.93. The highest BCUT2D eigenvalue weighted by molar-refractivity contribution is 5.84. The lowest BCUT2D eigenvalue weighted by molar-refractivity contribution is 0.476. The highest BCUT2D eigenvalue weighted by atomic mass is 16.3. The first kappa shape index (κ1) is 11.6. The molecule has 0 spiro atoms. The van der Waals surface area contributed by atoms with Crippen LogP contribution < -0.4 is 5.32 Å². The molecule has 0 unspecified atom stereocenters. The Morgan fingerprint density at radius 3 is 2.94 bits per heavy atom. The van der Waals surface area contributed by atoms with E-state index in [1.807, 2.05) is 12.1 Å². The van der Waals surface area contributed by atoms with Crippen LogP contribution >= 0.6 is 0 Å². The molecule has 96 valence electrons. The van der Waals surface area contributed by atoms with E-state index < -0.39 is 0 Å². The topological polar surface area (TPSA) is 48.0 Å². The normalized spacial score (nSPS) is 16.7. The minimum absolute atomic E-state index is 0.340. The van der Waals surface area contributed by atoms with Gasteiger partial charge in [-0.2, -0.15) is 0 Å². The summed E-state index contributed by atoms with van der Waals surface area (Å²) in [5.41, 5.74) is 2.38. The fraction of sp³-hybridized carbons (Fsp3) is 0.467. The lowest BCUT2D eigenvalue weighted by Gasteiger charge is -2.10. The third kappa shape index (κ3) is 2.36. The van der Waals surface area contributed by atoms with Gasteiger partial charge in [0.15, 0.2) is 0 Å². The number of fused-ring (bicyclic) bond motifs is 1. The van der Waals surface area contributed by atoms with Crippen LogP contribution in [0.2, 0.25) is 0 Å². The van der Waals surface area contributed by atoms with Gasteiger partial charge in [-0.05, 0) is 49.6 Å². The smallest absolute Gasteiger partial charge is 0.116 e. The van der Waals surface area contributed by atoms with E-state index in [9.17, 15) is 5.11 Å². The summed E-state index contributed by atoms with van der Waals surface area (Å²) in [6, 6.07) is 6.22. The first-order valence-electron chi connectivity index (χ1n) is 6.85. The van der Waals surface area contributed by atoms with E-state index in [1.54, 1.807) is 6.07 Å². The zero-order valence-electron chi connectivity index (χ0n) is 10.6. The van der Waals surface area contributed by atoms with Crippen LogP contribution in [0.15, 0.2) is 24.4 Å². The van der Waals surface area contributed by atoms with Crippen molar-refractivity contribution in [1.29, 1.82) is 0 Å². The summed E-state index contributed by atoms with van der Waals surface area (Å²) >= 11 is 0. The number of aromatic nitrogens is 1. The van der Waals surface area contributed by atoms with E-state index in [4.69, 9.17) is 0 Å². The quantitative estimate of drug-likeness (QED) is 0.774. The third-order valence-corrected chi connectivity index (χ3v) is 3.93. The molecule has 1 aliphatic rings. The summed E-state index contributed by atoms with van der Waals surface area (Å²) in [5, 5.41) is 14.3. The fourth-order valence-electron chi connectivity index (χ4n) is 2.91. The van der Waals surface area contributed by atoms with Crippen molar-refractivity contribution >= 4 is 10.9 Å². The maximum absolute atomic E-state index is 9.54. The molecule has 0 saturated heterocycles. The lowest BCUT2D eigenvalue weighted by atomic mass is 10.1. The van der Waals surface area contributed by atoms with Crippen LogP contribution in [-0.2, 0) is 6.42 Å². The zero-order valence-corrected chi connectivity index (χ0v) is 10.6. The summed E-state index contributed by atoms with van der Waals surface area (Å²) in [4.78, 5) is 3.25. The van der Waals surface area contributed by atoms with Gasteiger partial charge in [0.1, 0.15) is 5.75 Å². The van der Waals surface area contributed by atoms with Gasteiger partial charge in [0.05, 0.1) is 0 Å². The molecule has 0 bridgehead atoms. The van der Waals surface area contributed by atoms with E-state index in [1.165, 1.54) is 31.2 Å². The van der Waals surface area contributed by atoms with E-state index in [2.05, 4.69) is 16.5 Å². The molecule has 1 aromatic heterocycles. The Morgan fingerprint density at radius 2 is 2.11 bits per heavy atom. The Kier molecular flexibility index (Phi) is 3.24. The number of aromatic hydroxyl groups is 1. The molecular formula is C15H20N2O. The van der Waals surface area contributed by atoms with Crippen LogP contribution in [0.1, 0.15) is 31.2 Å². The monoisotopic (exact) mass is 244 g/mol. The zero-order chi connectivity index (χ0) is 12.4. The molecule has 18 heavy (non-hydrogen) atoms. The molecule has 1 heterocycles. The number of phenols is 1. The summed E-state index contributed by atoms with van der Waals surface area (Å²) in [7, 11) is 0. The van der Waals surface area contributed by atoms with Gasteiger partial charge < -0.3 is 15.4 Å². The highest BCUT2D eigenvalue weighted by Gasteiger charge is 2.13. The Labute approximate surface area is 107 Å². The molecule has 0 radical (unpaired) electrons. The minimum Gasteiger partial charge on any atom is -0.508 e. The Balaban J connectivity index is 1.65. The van der Waals surface area contributed by atoms with Gasteiger partial charge in [0.25, 0.3) is 0 Å². The summed E-state index contributed by atoms with van der Waals surface area (Å²) < 4.78 is 0. The number of aromatic amines is 1. The molecule has 1 aliphatic carbocycles.